The van der Waals surface area contributed by atoms with Crippen LogP contribution in [0.25, 0.3) is 0 Å². The van der Waals surface area contributed by atoms with E-state index in [4.69, 9.17) is 0 Å². The number of alkyl halides is 1. The third kappa shape index (κ3) is 2.21. The lowest BCUT2D eigenvalue weighted by molar-refractivity contribution is 0.213. The quantitative estimate of drug-likeness (QED) is 0.463. The number of hydrogen-bond acceptors (Lipinski definition) is 0. The normalized spacial score (nSPS) is 45.0. The van der Waals surface area contributed by atoms with Crippen LogP contribution in [0.1, 0.15) is 26.2 Å². The summed E-state index contributed by atoms with van der Waals surface area (Å²) in [6.07, 6.45) is 2.20. The highest BCUT2D eigenvalue weighted by molar-refractivity contribution is 7.17. The van der Waals surface area contributed by atoms with Crippen LogP contribution in [-0.2, 0) is 0 Å². The van der Waals surface area contributed by atoms with Gasteiger partial charge in [0.15, 0.2) is 0 Å². The van der Waals surface area contributed by atoms with Gasteiger partial charge in [0.25, 0.3) is 0 Å². The molecule has 0 aromatic rings. The first-order valence-corrected chi connectivity index (χ1v) is 4.25. The Morgan fingerprint density at radius 2 is 2.00 bits per heavy atom. The highest BCUT2D eigenvalue weighted by atomic mass is 31.0. The molecule has 0 amide bonds. The Labute approximate surface area is 58.4 Å². The van der Waals surface area contributed by atoms with E-state index in [-0.39, 0.29) is 0 Å². The van der Waals surface area contributed by atoms with Crippen LogP contribution in [-0.4, -0.2) is 11.8 Å². The average molecular weight is 148 g/mol. The van der Waals surface area contributed by atoms with Crippen molar-refractivity contribution in [2.24, 2.45) is 5.92 Å². The molecule has 2 heteroatoms. The van der Waals surface area contributed by atoms with Crippen molar-refractivity contribution in [1.82, 2.24) is 0 Å². The summed E-state index contributed by atoms with van der Waals surface area (Å²) < 4.78 is 12.7. The Kier molecular flexibility index (Phi) is 2.46. The van der Waals surface area contributed by atoms with Gasteiger partial charge in [0, 0.05) is 0 Å². The van der Waals surface area contributed by atoms with Crippen molar-refractivity contribution >= 4 is 9.24 Å². The lowest BCUT2D eigenvalue weighted by atomic mass is 9.89. The van der Waals surface area contributed by atoms with Crippen molar-refractivity contribution < 1.29 is 4.39 Å². The second kappa shape index (κ2) is 2.96. The van der Waals surface area contributed by atoms with Gasteiger partial charge in [-0.1, -0.05) is 6.92 Å². The first kappa shape index (κ1) is 7.47. The lowest BCUT2D eigenvalue weighted by Crippen LogP contribution is -2.21. The number of rotatable bonds is 0. The van der Waals surface area contributed by atoms with Gasteiger partial charge in [-0.25, -0.2) is 4.39 Å². The van der Waals surface area contributed by atoms with Crippen LogP contribution in [0.3, 0.4) is 0 Å². The minimum absolute atomic E-state index is 0.531. The van der Waals surface area contributed by atoms with E-state index in [1.807, 2.05) is 0 Å². The van der Waals surface area contributed by atoms with Crippen molar-refractivity contribution in [3.63, 3.8) is 0 Å². The van der Waals surface area contributed by atoms with Crippen molar-refractivity contribution in [1.29, 1.82) is 0 Å². The standard InChI is InChI=1S/C7H14FP/c1-5-2-6(8)4-7(9)3-5/h5-7H,2-4,9H2,1H3/t5?,6-,7?/m0/s1. The lowest BCUT2D eigenvalue weighted by Gasteiger charge is -2.26. The molecule has 0 nitrogen and oxygen atoms in total. The minimum atomic E-state index is -0.531. The summed E-state index contributed by atoms with van der Waals surface area (Å²) in [5.74, 6) is 0.594. The summed E-state index contributed by atoms with van der Waals surface area (Å²) in [6.45, 7) is 2.13. The van der Waals surface area contributed by atoms with E-state index in [0.29, 0.717) is 11.6 Å². The summed E-state index contributed by atoms with van der Waals surface area (Å²) in [4.78, 5) is 0. The molecule has 0 saturated heterocycles. The maximum atomic E-state index is 12.7. The highest BCUT2D eigenvalue weighted by Crippen LogP contribution is 2.30. The van der Waals surface area contributed by atoms with Gasteiger partial charge in [0.2, 0.25) is 0 Å². The molecule has 1 fully saturated rings. The molecular formula is C7H14FP. The molecule has 0 N–H and O–H groups in total. The van der Waals surface area contributed by atoms with Gasteiger partial charge in [-0.2, -0.15) is 0 Å². The van der Waals surface area contributed by atoms with Gasteiger partial charge in [-0.15, -0.1) is 9.24 Å². The fraction of sp³-hybridized carbons (Fsp3) is 1.00. The molecule has 0 heterocycles. The molecule has 1 saturated carbocycles. The number of hydrogen-bond donors (Lipinski definition) is 0. The monoisotopic (exact) mass is 148 g/mol. The Bertz CT molecular complexity index is 69.9. The highest BCUT2D eigenvalue weighted by Gasteiger charge is 2.22. The van der Waals surface area contributed by atoms with E-state index in [1.165, 1.54) is 6.42 Å². The SMILES string of the molecule is CC1CC(P)C[C@@H](F)C1. The number of halogens is 1. The predicted molar refractivity (Wildman–Crippen MR) is 41.4 cm³/mol. The van der Waals surface area contributed by atoms with Crippen molar-refractivity contribution in [2.45, 2.75) is 38.0 Å². The summed E-state index contributed by atoms with van der Waals surface area (Å²) in [6, 6.07) is 0. The van der Waals surface area contributed by atoms with Gasteiger partial charge in [0.1, 0.15) is 6.17 Å². The molecule has 0 spiro atoms. The average Bonchev–Trinajstić information content (AvgIpc) is 1.59. The summed E-state index contributed by atoms with van der Waals surface area (Å²) in [7, 11) is 2.71. The zero-order valence-corrected chi connectivity index (χ0v) is 6.96. The van der Waals surface area contributed by atoms with Gasteiger partial charge < -0.3 is 0 Å². The Balaban J connectivity index is 2.34. The van der Waals surface area contributed by atoms with E-state index in [9.17, 15) is 4.39 Å². The van der Waals surface area contributed by atoms with Crippen LogP contribution in [0.4, 0.5) is 4.39 Å². The van der Waals surface area contributed by atoms with E-state index in [2.05, 4.69) is 16.2 Å². The molecule has 4 atom stereocenters. The van der Waals surface area contributed by atoms with Crippen molar-refractivity contribution in [2.75, 3.05) is 0 Å². The molecule has 0 bridgehead atoms. The van der Waals surface area contributed by atoms with E-state index >= 15 is 0 Å². The Morgan fingerprint density at radius 1 is 1.33 bits per heavy atom. The van der Waals surface area contributed by atoms with E-state index < -0.39 is 6.17 Å². The zero-order chi connectivity index (χ0) is 6.85. The molecule has 0 aliphatic heterocycles. The summed E-state index contributed by atoms with van der Waals surface area (Å²) in [5.41, 5.74) is 0.531. The molecule has 54 valence electrons. The summed E-state index contributed by atoms with van der Waals surface area (Å²) in [5, 5.41) is 0. The zero-order valence-electron chi connectivity index (χ0n) is 5.81. The molecule has 0 radical (unpaired) electrons. The maximum absolute atomic E-state index is 12.7. The first-order chi connectivity index (χ1) is 4.18. The molecule has 0 aromatic heterocycles. The van der Waals surface area contributed by atoms with Gasteiger partial charge >= 0.3 is 0 Å². The fourth-order valence-corrected chi connectivity index (χ4v) is 2.33. The third-order valence-electron chi connectivity index (χ3n) is 1.92. The summed E-state index contributed by atoms with van der Waals surface area (Å²) >= 11 is 0. The Morgan fingerprint density at radius 3 is 2.44 bits per heavy atom. The van der Waals surface area contributed by atoms with E-state index in [0.717, 1.165) is 12.8 Å². The van der Waals surface area contributed by atoms with Crippen LogP contribution >= 0.6 is 9.24 Å². The first-order valence-electron chi connectivity index (χ1n) is 3.58. The Hall–Kier alpha value is 0.360. The molecule has 1 rings (SSSR count). The minimum Gasteiger partial charge on any atom is -0.247 e. The molecule has 0 aromatic carbocycles. The molecular weight excluding hydrogens is 134 g/mol. The predicted octanol–water partition coefficient (Wildman–Crippen LogP) is 2.39. The van der Waals surface area contributed by atoms with Crippen LogP contribution in [0, 0.1) is 5.92 Å². The van der Waals surface area contributed by atoms with Crippen LogP contribution < -0.4 is 0 Å². The third-order valence-corrected chi connectivity index (χ3v) is 2.47. The van der Waals surface area contributed by atoms with Crippen LogP contribution in [0.5, 0.6) is 0 Å². The second-order valence-electron chi connectivity index (χ2n) is 3.17. The van der Waals surface area contributed by atoms with E-state index in [1.54, 1.807) is 0 Å². The molecule has 9 heavy (non-hydrogen) atoms. The molecule has 3 unspecified atom stereocenters. The van der Waals surface area contributed by atoms with Gasteiger partial charge in [-0.3, -0.25) is 0 Å². The molecule has 1 aliphatic carbocycles. The maximum Gasteiger partial charge on any atom is 0.101 e. The second-order valence-corrected chi connectivity index (χ2v) is 4.11. The van der Waals surface area contributed by atoms with Crippen molar-refractivity contribution in [3.8, 4) is 0 Å². The largest absolute Gasteiger partial charge is 0.247 e. The van der Waals surface area contributed by atoms with Crippen molar-refractivity contribution in [3.05, 3.63) is 0 Å². The van der Waals surface area contributed by atoms with Gasteiger partial charge in [-0.05, 0) is 30.8 Å². The smallest absolute Gasteiger partial charge is 0.101 e. The fourth-order valence-electron chi connectivity index (χ4n) is 1.57. The molecule has 1 aliphatic rings. The van der Waals surface area contributed by atoms with Crippen LogP contribution in [0.2, 0.25) is 0 Å². The van der Waals surface area contributed by atoms with Gasteiger partial charge in [0.05, 0.1) is 0 Å². The van der Waals surface area contributed by atoms with Crippen LogP contribution in [0.15, 0.2) is 0 Å². The topological polar surface area (TPSA) is 0 Å².